The van der Waals surface area contributed by atoms with Crippen molar-refractivity contribution in [2.45, 2.75) is 0 Å². The number of nitrogens with one attached hydrogen (secondary N) is 1. The minimum absolute atomic E-state index is 0.00472. The summed E-state index contributed by atoms with van der Waals surface area (Å²) in [6.45, 7) is 0. The predicted molar refractivity (Wildman–Crippen MR) is 46.9 cm³/mol. The van der Waals surface area contributed by atoms with Crippen molar-refractivity contribution in [1.82, 2.24) is 0 Å². The van der Waals surface area contributed by atoms with Gasteiger partial charge < -0.3 is 4.74 Å². The van der Waals surface area contributed by atoms with Crippen LogP contribution in [0.1, 0.15) is 5.56 Å². The molecule has 0 fully saturated rings. The second kappa shape index (κ2) is 3.66. The van der Waals surface area contributed by atoms with Crippen LogP contribution < -0.4 is 0 Å². The molecule has 1 aromatic rings. The van der Waals surface area contributed by atoms with Crippen molar-refractivity contribution >= 4 is 11.6 Å². The van der Waals surface area contributed by atoms with E-state index in [2.05, 4.69) is 4.74 Å². The van der Waals surface area contributed by atoms with Gasteiger partial charge >= 0.3 is 0 Å². The van der Waals surface area contributed by atoms with E-state index in [9.17, 15) is 10.1 Å². The van der Waals surface area contributed by atoms with Gasteiger partial charge in [-0.05, 0) is 12.1 Å². The summed E-state index contributed by atoms with van der Waals surface area (Å²) < 4.78 is 4.65. The fourth-order valence-electron chi connectivity index (χ4n) is 0.852. The Bertz CT molecular complexity index is 332. The molecule has 0 aromatic heterocycles. The summed E-state index contributed by atoms with van der Waals surface area (Å²) in [6.07, 6.45) is 0. The van der Waals surface area contributed by atoms with Crippen LogP contribution in [-0.2, 0) is 4.74 Å². The van der Waals surface area contributed by atoms with Crippen LogP contribution in [0.5, 0.6) is 0 Å². The number of benzene rings is 1. The number of nitrogens with zero attached hydrogens (tertiary/aromatic N) is 1. The third-order valence-corrected chi connectivity index (χ3v) is 1.54. The van der Waals surface area contributed by atoms with Gasteiger partial charge in [-0.15, -0.1) is 0 Å². The van der Waals surface area contributed by atoms with E-state index < -0.39 is 4.92 Å². The Morgan fingerprint density at radius 1 is 1.46 bits per heavy atom. The van der Waals surface area contributed by atoms with Gasteiger partial charge in [-0.25, -0.2) is 0 Å². The lowest BCUT2D eigenvalue weighted by atomic mass is 10.2. The van der Waals surface area contributed by atoms with Gasteiger partial charge in [0.05, 0.1) is 12.0 Å². The molecule has 0 radical (unpaired) electrons. The second-order valence-corrected chi connectivity index (χ2v) is 2.34. The number of nitro benzene ring substituents is 1. The van der Waals surface area contributed by atoms with Crippen molar-refractivity contribution in [2.75, 3.05) is 7.11 Å². The Balaban J connectivity index is 2.93. The largest absolute Gasteiger partial charge is 0.481 e. The Kier molecular flexibility index (Phi) is 2.59. The minimum atomic E-state index is -0.486. The lowest BCUT2D eigenvalue weighted by molar-refractivity contribution is -0.384. The van der Waals surface area contributed by atoms with Crippen molar-refractivity contribution in [1.29, 1.82) is 5.41 Å². The molecule has 0 aliphatic carbocycles. The van der Waals surface area contributed by atoms with Crippen molar-refractivity contribution in [3.8, 4) is 0 Å². The van der Waals surface area contributed by atoms with Gasteiger partial charge in [-0.1, -0.05) is 0 Å². The first-order valence-corrected chi connectivity index (χ1v) is 3.52. The summed E-state index contributed by atoms with van der Waals surface area (Å²) in [5.74, 6) is -0.00472. The summed E-state index contributed by atoms with van der Waals surface area (Å²) in [5.41, 5.74) is 0.528. The van der Waals surface area contributed by atoms with Gasteiger partial charge in [0.25, 0.3) is 5.69 Å². The van der Waals surface area contributed by atoms with Crippen molar-refractivity contribution in [3.63, 3.8) is 0 Å². The summed E-state index contributed by atoms with van der Waals surface area (Å²) >= 11 is 0. The van der Waals surface area contributed by atoms with Gasteiger partial charge in [0, 0.05) is 17.7 Å². The average Bonchev–Trinajstić information content (AvgIpc) is 2.17. The lowest BCUT2D eigenvalue weighted by Gasteiger charge is -2.00. The SMILES string of the molecule is COC(=N)c1ccc([N+](=O)[O-])cc1. The molecule has 13 heavy (non-hydrogen) atoms. The molecule has 0 amide bonds. The molecular weight excluding hydrogens is 172 g/mol. The fourth-order valence-corrected chi connectivity index (χ4v) is 0.852. The van der Waals surface area contributed by atoms with Crippen LogP contribution in [0.4, 0.5) is 5.69 Å². The number of methoxy groups -OCH3 is 1. The lowest BCUT2D eigenvalue weighted by Crippen LogP contribution is -2.00. The molecule has 0 bridgehead atoms. The second-order valence-electron chi connectivity index (χ2n) is 2.34. The number of rotatable bonds is 2. The van der Waals surface area contributed by atoms with Crippen molar-refractivity contribution in [2.24, 2.45) is 0 Å². The highest BCUT2D eigenvalue weighted by Crippen LogP contribution is 2.12. The first-order chi connectivity index (χ1) is 6.15. The number of ether oxygens (including phenoxy) is 1. The molecule has 0 heterocycles. The van der Waals surface area contributed by atoms with Crippen LogP contribution in [0.3, 0.4) is 0 Å². The zero-order chi connectivity index (χ0) is 9.84. The molecule has 1 aromatic carbocycles. The van der Waals surface area contributed by atoms with Gasteiger partial charge in [0.2, 0.25) is 5.90 Å². The molecule has 1 rings (SSSR count). The third kappa shape index (κ3) is 2.02. The maximum Gasteiger partial charge on any atom is 0.269 e. The number of nitro groups is 1. The topological polar surface area (TPSA) is 76.2 Å². The molecule has 0 atom stereocenters. The maximum absolute atomic E-state index is 10.3. The monoisotopic (exact) mass is 180 g/mol. The average molecular weight is 180 g/mol. The normalized spacial score (nSPS) is 9.31. The Morgan fingerprint density at radius 3 is 2.38 bits per heavy atom. The maximum atomic E-state index is 10.3. The van der Waals surface area contributed by atoms with E-state index in [0.29, 0.717) is 5.56 Å². The van der Waals surface area contributed by atoms with E-state index in [-0.39, 0.29) is 11.6 Å². The number of non-ortho nitro benzene ring substituents is 1. The number of hydrogen-bond acceptors (Lipinski definition) is 4. The molecule has 0 saturated heterocycles. The van der Waals surface area contributed by atoms with Gasteiger partial charge in [-0.2, -0.15) is 0 Å². The molecule has 5 nitrogen and oxygen atoms in total. The highest BCUT2D eigenvalue weighted by Gasteiger charge is 2.06. The Morgan fingerprint density at radius 2 is 2.00 bits per heavy atom. The van der Waals surface area contributed by atoms with E-state index >= 15 is 0 Å². The molecule has 0 saturated carbocycles. The van der Waals surface area contributed by atoms with Crippen LogP contribution >= 0.6 is 0 Å². The van der Waals surface area contributed by atoms with Gasteiger partial charge in [-0.3, -0.25) is 15.5 Å². The molecule has 0 spiro atoms. The molecular formula is C8H8N2O3. The first kappa shape index (κ1) is 9.18. The highest BCUT2D eigenvalue weighted by atomic mass is 16.6. The quantitative estimate of drug-likeness (QED) is 0.325. The summed E-state index contributed by atoms with van der Waals surface area (Å²) in [4.78, 5) is 9.79. The van der Waals surface area contributed by atoms with E-state index in [1.54, 1.807) is 0 Å². The zero-order valence-corrected chi connectivity index (χ0v) is 6.98. The summed E-state index contributed by atoms with van der Waals surface area (Å²) in [5, 5.41) is 17.5. The van der Waals surface area contributed by atoms with E-state index in [0.717, 1.165) is 0 Å². The zero-order valence-electron chi connectivity index (χ0n) is 6.98. The standard InChI is InChI=1S/C8H8N2O3/c1-13-8(9)6-2-4-7(5-3-6)10(11)12/h2-5,9H,1H3. The molecule has 5 heteroatoms. The molecule has 1 N–H and O–H groups in total. The van der Waals surface area contributed by atoms with Crippen LogP contribution in [0, 0.1) is 15.5 Å². The summed E-state index contributed by atoms with van der Waals surface area (Å²) in [6, 6.07) is 5.62. The Labute approximate surface area is 74.6 Å². The highest BCUT2D eigenvalue weighted by molar-refractivity contribution is 5.91. The third-order valence-electron chi connectivity index (χ3n) is 1.54. The molecule has 0 aliphatic rings. The van der Waals surface area contributed by atoms with Crippen molar-refractivity contribution in [3.05, 3.63) is 39.9 Å². The minimum Gasteiger partial charge on any atom is -0.481 e. The van der Waals surface area contributed by atoms with Crippen LogP contribution in [0.2, 0.25) is 0 Å². The number of hydrogen-bond donors (Lipinski definition) is 1. The van der Waals surface area contributed by atoms with Crippen LogP contribution in [-0.4, -0.2) is 17.9 Å². The molecule has 0 unspecified atom stereocenters. The van der Waals surface area contributed by atoms with Gasteiger partial charge in [0.1, 0.15) is 0 Å². The van der Waals surface area contributed by atoms with Crippen molar-refractivity contribution < 1.29 is 9.66 Å². The van der Waals surface area contributed by atoms with E-state index in [1.165, 1.54) is 31.4 Å². The first-order valence-electron chi connectivity index (χ1n) is 3.52. The smallest absolute Gasteiger partial charge is 0.269 e. The van der Waals surface area contributed by atoms with Gasteiger partial charge in [0.15, 0.2) is 0 Å². The van der Waals surface area contributed by atoms with E-state index in [4.69, 9.17) is 5.41 Å². The molecule has 68 valence electrons. The predicted octanol–water partition coefficient (Wildman–Crippen LogP) is 1.57. The fraction of sp³-hybridized carbons (Fsp3) is 0.125. The molecule has 0 aliphatic heterocycles. The van der Waals surface area contributed by atoms with Crippen LogP contribution in [0.25, 0.3) is 0 Å². The Hall–Kier alpha value is -1.91. The summed E-state index contributed by atoms with van der Waals surface area (Å²) in [7, 11) is 1.38. The van der Waals surface area contributed by atoms with Crippen LogP contribution in [0.15, 0.2) is 24.3 Å². The van der Waals surface area contributed by atoms with E-state index in [1.807, 2.05) is 0 Å².